The first-order chi connectivity index (χ1) is 7.47. The zero-order chi connectivity index (χ0) is 12.3. The van der Waals surface area contributed by atoms with Crippen LogP contribution in [0.2, 0.25) is 0 Å². The first kappa shape index (κ1) is 13.0. The van der Waals surface area contributed by atoms with Gasteiger partial charge in [0.25, 0.3) is 0 Å². The SMILES string of the molecule is CCC(=O)C(O)(CC)C1C(=O)CCCC1=O. The van der Waals surface area contributed by atoms with Gasteiger partial charge in [-0.25, -0.2) is 0 Å². The number of carbonyl (C=O) groups excluding carboxylic acids is 3. The quantitative estimate of drug-likeness (QED) is 0.727. The molecule has 0 aromatic carbocycles. The van der Waals surface area contributed by atoms with Gasteiger partial charge in [-0.2, -0.15) is 0 Å². The third kappa shape index (κ3) is 2.07. The second-order valence-electron chi connectivity index (χ2n) is 4.27. The van der Waals surface area contributed by atoms with Gasteiger partial charge in [0.05, 0.1) is 0 Å². The summed E-state index contributed by atoms with van der Waals surface area (Å²) in [7, 11) is 0. The van der Waals surface area contributed by atoms with E-state index in [1.807, 2.05) is 0 Å². The lowest BCUT2D eigenvalue weighted by molar-refractivity contribution is -0.159. The predicted molar refractivity (Wildman–Crippen MR) is 57.9 cm³/mol. The van der Waals surface area contributed by atoms with Gasteiger partial charge in [0, 0.05) is 19.3 Å². The molecule has 1 fully saturated rings. The minimum Gasteiger partial charge on any atom is -0.381 e. The van der Waals surface area contributed by atoms with Gasteiger partial charge in [-0.15, -0.1) is 0 Å². The number of ketones is 3. The Morgan fingerprint density at radius 3 is 2.19 bits per heavy atom. The highest BCUT2D eigenvalue weighted by atomic mass is 16.3. The van der Waals surface area contributed by atoms with Gasteiger partial charge in [0.15, 0.2) is 5.78 Å². The molecule has 16 heavy (non-hydrogen) atoms. The summed E-state index contributed by atoms with van der Waals surface area (Å²) in [6.07, 6.45) is 1.36. The number of carbonyl (C=O) groups is 3. The molecule has 0 amide bonds. The summed E-state index contributed by atoms with van der Waals surface area (Å²) in [5, 5.41) is 10.3. The van der Waals surface area contributed by atoms with Crippen molar-refractivity contribution >= 4 is 17.3 Å². The number of rotatable bonds is 4. The highest BCUT2D eigenvalue weighted by molar-refractivity contribution is 6.10. The van der Waals surface area contributed by atoms with Crippen molar-refractivity contribution in [1.29, 1.82) is 0 Å². The van der Waals surface area contributed by atoms with Gasteiger partial charge >= 0.3 is 0 Å². The van der Waals surface area contributed by atoms with Crippen molar-refractivity contribution in [1.82, 2.24) is 0 Å². The Kier molecular flexibility index (Phi) is 3.97. The smallest absolute Gasteiger partial charge is 0.165 e. The van der Waals surface area contributed by atoms with E-state index in [1.165, 1.54) is 0 Å². The monoisotopic (exact) mass is 226 g/mol. The second kappa shape index (κ2) is 4.87. The molecule has 0 bridgehead atoms. The summed E-state index contributed by atoms with van der Waals surface area (Å²) in [4.78, 5) is 35.1. The summed E-state index contributed by atoms with van der Waals surface area (Å²) in [5.74, 6) is -2.12. The van der Waals surface area contributed by atoms with Crippen molar-refractivity contribution in [3.63, 3.8) is 0 Å². The van der Waals surface area contributed by atoms with Crippen LogP contribution in [0.3, 0.4) is 0 Å². The van der Waals surface area contributed by atoms with Crippen molar-refractivity contribution in [3.05, 3.63) is 0 Å². The summed E-state index contributed by atoms with van der Waals surface area (Å²) in [6, 6.07) is 0. The average molecular weight is 226 g/mol. The fraction of sp³-hybridized carbons (Fsp3) is 0.750. The number of hydrogen-bond acceptors (Lipinski definition) is 4. The molecular formula is C12H18O4. The Morgan fingerprint density at radius 2 is 1.81 bits per heavy atom. The molecule has 4 heteroatoms. The molecule has 4 nitrogen and oxygen atoms in total. The van der Waals surface area contributed by atoms with Gasteiger partial charge in [-0.1, -0.05) is 13.8 Å². The first-order valence-corrected chi connectivity index (χ1v) is 5.78. The Labute approximate surface area is 95.0 Å². The van der Waals surface area contributed by atoms with Crippen molar-refractivity contribution in [2.45, 2.75) is 51.6 Å². The molecular weight excluding hydrogens is 208 g/mol. The van der Waals surface area contributed by atoms with Gasteiger partial charge in [0.2, 0.25) is 0 Å². The van der Waals surface area contributed by atoms with Crippen molar-refractivity contribution in [2.24, 2.45) is 5.92 Å². The lowest BCUT2D eigenvalue weighted by Gasteiger charge is -2.34. The standard InChI is InChI=1S/C12H18O4/c1-3-10(15)12(16,4-2)11-8(13)6-5-7-9(11)14/h11,16H,3-7H2,1-2H3. The normalized spacial score (nSPS) is 21.9. The Morgan fingerprint density at radius 1 is 1.31 bits per heavy atom. The molecule has 1 N–H and O–H groups in total. The molecule has 1 rings (SSSR count). The third-order valence-corrected chi connectivity index (χ3v) is 3.31. The van der Waals surface area contributed by atoms with E-state index in [-0.39, 0.29) is 37.2 Å². The lowest BCUT2D eigenvalue weighted by Crippen LogP contribution is -2.53. The van der Waals surface area contributed by atoms with E-state index < -0.39 is 17.3 Å². The van der Waals surface area contributed by atoms with Crippen LogP contribution in [0.5, 0.6) is 0 Å². The molecule has 0 radical (unpaired) electrons. The second-order valence-corrected chi connectivity index (χ2v) is 4.27. The van der Waals surface area contributed by atoms with E-state index in [1.54, 1.807) is 13.8 Å². The summed E-state index contributed by atoms with van der Waals surface area (Å²) in [5.41, 5.74) is -1.77. The maximum Gasteiger partial charge on any atom is 0.165 e. The molecule has 1 aliphatic carbocycles. The molecule has 1 aliphatic rings. The van der Waals surface area contributed by atoms with Crippen LogP contribution in [-0.2, 0) is 14.4 Å². The molecule has 1 atom stereocenters. The maximum atomic E-state index is 11.7. The predicted octanol–water partition coefficient (Wildman–Crippen LogP) is 1.04. The van der Waals surface area contributed by atoms with E-state index in [0.29, 0.717) is 6.42 Å². The van der Waals surface area contributed by atoms with Crippen LogP contribution in [0.4, 0.5) is 0 Å². The minimum atomic E-state index is -1.77. The van der Waals surface area contributed by atoms with Crippen LogP contribution in [0.1, 0.15) is 46.0 Å². The highest BCUT2D eigenvalue weighted by Crippen LogP contribution is 2.31. The molecule has 90 valence electrons. The van der Waals surface area contributed by atoms with Gasteiger partial charge in [0.1, 0.15) is 23.1 Å². The van der Waals surface area contributed by atoms with Crippen LogP contribution in [-0.4, -0.2) is 28.1 Å². The van der Waals surface area contributed by atoms with Crippen LogP contribution in [0.15, 0.2) is 0 Å². The Bertz CT molecular complexity index is 305. The molecule has 0 spiro atoms. The van der Waals surface area contributed by atoms with E-state index in [2.05, 4.69) is 0 Å². The molecule has 0 aliphatic heterocycles. The van der Waals surface area contributed by atoms with Crippen molar-refractivity contribution in [3.8, 4) is 0 Å². The van der Waals surface area contributed by atoms with E-state index in [9.17, 15) is 19.5 Å². The lowest BCUT2D eigenvalue weighted by atomic mass is 9.71. The van der Waals surface area contributed by atoms with Gasteiger partial charge in [-0.05, 0) is 12.8 Å². The number of aliphatic hydroxyl groups is 1. The maximum absolute atomic E-state index is 11.7. The van der Waals surface area contributed by atoms with E-state index in [4.69, 9.17) is 0 Å². The van der Waals surface area contributed by atoms with Crippen LogP contribution in [0.25, 0.3) is 0 Å². The zero-order valence-corrected chi connectivity index (χ0v) is 9.78. The van der Waals surface area contributed by atoms with E-state index in [0.717, 1.165) is 0 Å². The highest BCUT2D eigenvalue weighted by Gasteiger charge is 2.49. The summed E-state index contributed by atoms with van der Waals surface area (Å²) < 4.78 is 0. The fourth-order valence-electron chi connectivity index (χ4n) is 2.31. The zero-order valence-electron chi connectivity index (χ0n) is 9.78. The Hall–Kier alpha value is -1.03. The molecule has 0 heterocycles. The third-order valence-electron chi connectivity index (χ3n) is 3.31. The molecule has 0 aromatic rings. The first-order valence-electron chi connectivity index (χ1n) is 5.78. The van der Waals surface area contributed by atoms with Crippen molar-refractivity contribution in [2.75, 3.05) is 0 Å². The summed E-state index contributed by atoms with van der Waals surface area (Å²) >= 11 is 0. The number of Topliss-reactive ketones (excluding diaryl/α,β-unsaturated/α-hetero) is 3. The molecule has 1 unspecified atom stereocenters. The minimum absolute atomic E-state index is 0.113. The molecule has 1 saturated carbocycles. The topological polar surface area (TPSA) is 71.4 Å². The molecule has 0 aromatic heterocycles. The summed E-state index contributed by atoms with van der Waals surface area (Å²) in [6.45, 7) is 3.25. The van der Waals surface area contributed by atoms with Crippen LogP contribution < -0.4 is 0 Å². The number of hydrogen-bond donors (Lipinski definition) is 1. The van der Waals surface area contributed by atoms with Crippen LogP contribution >= 0.6 is 0 Å². The van der Waals surface area contributed by atoms with Crippen LogP contribution in [0, 0.1) is 5.92 Å². The van der Waals surface area contributed by atoms with Gasteiger partial charge in [-0.3, -0.25) is 14.4 Å². The Balaban J connectivity index is 3.06. The largest absolute Gasteiger partial charge is 0.381 e. The fourth-order valence-corrected chi connectivity index (χ4v) is 2.31. The molecule has 0 saturated heterocycles. The van der Waals surface area contributed by atoms with E-state index >= 15 is 0 Å². The van der Waals surface area contributed by atoms with Gasteiger partial charge < -0.3 is 5.11 Å². The van der Waals surface area contributed by atoms with Crippen molar-refractivity contribution < 1.29 is 19.5 Å². The average Bonchev–Trinajstić information content (AvgIpc) is 2.27.